The van der Waals surface area contributed by atoms with Crippen molar-refractivity contribution in [1.82, 2.24) is 19.2 Å². The van der Waals surface area contributed by atoms with E-state index in [1.54, 1.807) is 28.6 Å². The molecule has 0 unspecified atom stereocenters. The summed E-state index contributed by atoms with van der Waals surface area (Å²) in [6, 6.07) is 5.77. The zero-order valence-corrected chi connectivity index (χ0v) is 13.9. The average molecular weight is 332 g/mol. The Hall–Kier alpha value is -2.44. The van der Waals surface area contributed by atoms with E-state index in [1.165, 1.54) is 16.8 Å². The number of hydrogen-bond donors (Lipinski definition) is 0. The van der Waals surface area contributed by atoms with Gasteiger partial charge in [-0.25, -0.2) is 13.9 Å². The van der Waals surface area contributed by atoms with Crippen LogP contribution in [-0.2, 0) is 13.6 Å². The molecule has 0 saturated carbocycles. The fourth-order valence-corrected chi connectivity index (χ4v) is 3.27. The van der Waals surface area contributed by atoms with Crippen molar-refractivity contribution in [2.45, 2.75) is 32.2 Å². The number of aromatic nitrogens is 3. The molecule has 1 aliphatic rings. The Labute approximate surface area is 139 Å². The Bertz CT molecular complexity index is 803. The lowest BCUT2D eigenvalue weighted by molar-refractivity contribution is 0.0709. The molecule has 1 aliphatic heterocycles. The highest BCUT2D eigenvalue weighted by Crippen LogP contribution is 2.27. The second-order valence-electron chi connectivity index (χ2n) is 6.09. The lowest BCUT2D eigenvalue weighted by Crippen LogP contribution is -2.38. The number of benzene rings is 1. The molecule has 128 valence electrons. The lowest BCUT2D eigenvalue weighted by atomic mass is 9.95. The van der Waals surface area contributed by atoms with Crippen molar-refractivity contribution in [1.29, 1.82) is 0 Å². The Morgan fingerprint density at radius 3 is 2.67 bits per heavy atom. The van der Waals surface area contributed by atoms with E-state index in [4.69, 9.17) is 0 Å². The molecule has 1 aromatic carbocycles. The molecule has 0 spiro atoms. The highest BCUT2D eigenvalue weighted by Gasteiger charge is 2.28. The van der Waals surface area contributed by atoms with Gasteiger partial charge in [0.25, 0.3) is 5.91 Å². The quantitative estimate of drug-likeness (QED) is 0.860. The van der Waals surface area contributed by atoms with Crippen molar-refractivity contribution in [3.8, 4) is 0 Å². The maximum absolute atomic E-state index is 13.3. The second kappa shape index (κ2) is 6.59. The molecule has 6 nitrogen and oxygen atoms in total. The van der Waals surface area contributed by atoms with E-state index in [0.29, 0.717) is 25.2 Å². The summed E-state index contributed by atoms with van der Waals surface area (Å²) < 4.78 is 16.3. The summed E-state index contributed by atoms with van der Waals surface area (Å²) in [5.41, 5.74) is 0.266. The molecule has 2 heterocycles. The zero-order valence-electron chi connectivity index (χ0n) is 13.9. The summed E-state index contributed by atoms with van der Waals surface area (Å²) in [5, 5.41) is 4.36. The van der Waals surface area contributed by atoms with Crippen molar-refractivity contribution in [3.63, 3.8) is 0 Å². The molecular formula is C17H21FN4O2. The second-order valence-corrected chi connectivity index (χ2v) is 6.09. The molecule has 0 radical (unpaired) electrons. The number of carbonyl (C=O) groups excluding carboxylic acids is 1. The number of piperidine rings is 1. The molecule has 3 rings (SSSR count). The van der Waals surface area contributed by atoms with Crippen LogP contribution in [-0.4, -0.2) is 38.2 Å². The fourth-order valence-electron chi connectivity index (χ4n) is 3.27. The number of nitrogens with zero attached hydrogens (tertiary/aromatic N) is 4. The summed E-state index contributed by atoms with van der Waals surface area (Å²) >= 11 is 0. The van der Waals surface area contributed by atoms with Gasteiger partial charge < -0.3 is 4.90 Å². The topological polar surface area (TPSA) is 60.1 Å². The van der Waals surface area contributed by atoms with Gasteiger partial charge in [0.15, 0.2) is 0 Å². The minimum Gasteiger partial charge on any atom is -0.339 e. The Balaban J connectivity index is 1.71. The Kier molecular flexibility index (Phi) is 4.51. The van der Waals surface area contributed by atoms with E-state index >= 15 is 0 Å². The number of amides is 1. The number of likely N-dealkylation sites (tertiary alicyclic amines) is 1. The van der Waals surface area contributed by atoms with Crippen LogP contribution in [0.4, 0.5) is 4.39 Å². The Morgan fingerprint density at radius 1 is 1.33 bits per heavy atom. The largest absolute Gasteiger partial charge is 0.345 e. The van der Waals surface area contributed by atoms with Crippen LogP contribution in [0.3, 0.4) is 0 Å². The third-order valence-electron chi connectivity index (χ3n) is 4.57. The SMILES string of the molecule is CCn1c(C2CCN(C(=O)c3cccc(F)c3)CC2)nn(C)c1=O. The average Bonchev–Trinajstić information content (AvgIpc) is 2.89. The summed E-state index contributed by atoms with van der Waals surface area (Å²) in [6.07, 6.45) is 1.50. The van der Waals surface area contributed by atoms with Crippen molar-refractivity contribution in [2.24, 2.45) is 7.05 Å². The first-order valence-corrected chi connectivity index (χ1v) is 8.19. The zero-order chi connectivity index (χ0) is 17.3. The smallest absolute Gasteiger partial charge is 0.339 e. The van der Waals surface area contributed by atoms with Crippen LogP contribution in [0.25, 0.3) is 0 Å². The van der Waals surface area contributed by atoms with Gasteiger partial charge in [-0.2, -0.15) is 5.10 Å². The first-order chi connectivity index (χ1) is 11.5. The van der Waals surface area contributed by atoms with E-state index in [-0.39, 0.29) is 17.5 Å². The third-order valence-corrected chi connectivity index (χ3v) is 4.57. The monoisotopic (exact) mass is 332 g/mol. The minimum atomic E-state index is -0.406. The highest BCUT2D eigenvalue weighted by molar-refractivity contribution is 5.94. The lowest BCUT2D eigenvalue weighted by Gasteiger charge is -2.31. The molecule has 0 aliphatic carbocycles. The molecule has 1 amide bonds. The van der Waals surface area contributed by atoms with E-state index < -0.39 is 5.82 Å². The number of aryl methyl sites for hydroxylation is 1. The third kappa shape index (κ3) is 2.98. The maximum atomic E-state index is 13.3. The number of rotatable bonds is 3. The van der Waals surface area contributed by atoms with Gasteiger partial charge in [0.05, 0.1) is 0 Å². The molecule has 0 N–H and O–H groups in total. The van der Waals surface area contributed by atoms with Crippen LogP contribution in [0.2, 0.25) is 0 Å². The number of halogens is 1. The van der Waals surface area contributed by atoms with Gasteiger partial charge in [0.2, 0.25) is 0 Å². The molecule has 1 fully saturated rings. The van der Waals surface area contributed by atoms with Gasteiger partial charge >= 0.3 is 5.69 Å². The summed E-state index contributed by atoms with van der Waals surface area (Å²) in [7, 11) is 1.65. The van der Waals surface area contributed by atoms with E-state index in [9.17, 15) is 14.0 Å². The van der Waals surface area contributed by atoms with Crippen molar-refractivity contribution in [3.05, 3.63) is 52.0 Å². The molecule has 1 saturated heterocycles. The predicted octanol–water partition coefficient (Wildman–Crippen LogP) is 1.76. The van der Waals surface area contributed by atoms with Gasteiger partial charge in [-0.3, -0.25) is 9.36 Å². The molecule has 0 bridgehead atoms. The molecule has 2 aromatic rings. The standard InChI is InChI=1S/C17H21FN4O2/c1-3-22-15(19-20(2)17(22)24)12-7-9-21(10-8-12)16(23)13-5-4-6-14(18)11-13/h4-6,11-12H,3,7-10H2,1-2H3. The normalized spacial score (nSPS) is 15.7. The molecule has 7 heteroatoms. The predicted molar refractivity (Wildman–Crippen MR) is 87.4 cm³/mol. The fraction of sp³-hybridized carbons (Fsp3) is 0.471. The minimum absolute atomic E-state index is 0.106. The summed E-state index contributed by atoms with van der Waals surface area (Å²) in [5.74, 6) is 0.399. The first kappa shape index (κ1) is 16.4. The summed E-state index contributed by atoms with van der Waals surface area (Å²) in [4.78, 5) is 26.2. The van der Waals surface area contributed by atoms with Crippen molar-refractivity contribution < 1.29 is 9.18 Å². The van der Waals surface area contributed by atoms with Crippen LogP contribution >= 0.6 is 0 Å². The van der Waals surface area contributed by atoms with E-state index in [0.717, 1.165) is 18.7 Å². The maximum Gasteiger partial charge on any atom is 0.345 e. The molecule has 1 aromatic heterocycles. The van der Waals surface area contributed by atoms with Crippen LogP contribution in [0.1, 0.15) is 41.9 Å². The van der Waals surface area contributed by atoms with E-state index in [1.807, 2.05) is 6.92 Å². The Morgan fingerprint density at radius 2 is 2.04 bits per heavy atom. The number of carbonyl (C=O) groups is 1. The van der Waals surface area contributed by atoms with Crippen molar-refractivity contribution in [2.75, 3.05) is 13.1 Å². The summed E-state index contributed by atoms with van der Waals surface area (Å²) in [6.45, 7) is 3.67. The number of hydrogen-bond acceptors (Lipinski definition) is 3. The van der Waals surface area contributed by atoms with Crippen LogP contribution < -0.4 is 5.69 Å². The van der Waals surface area contributed by atoms with Gasteiger partial charge in [-0.15, -0.1) is 0 Å². The highest BCUT2D eigenvalue weighted by atomic mass is 19.1. The molecular weight excluding hydrogens is 311 g/mol. The molecule has 0 atom stereocenters. The van der Waals surface area contributed by atoms with Gasteiger partial charge in [-0.05, 0) is 38.0 Å². The van der Waals surface area contributed by atoms with Gasteiger partial charge in [-0.1, -0.05) is 6.07 Å². The van der Waals surface area contributed by atoms with Gasteiger partial charge in [0, 0.05) is 38.2 Å². The van der Waals surface area contributed by atoms with Crippen LogP contribution in [0.5, 0.6) is 0 Å². The van der Waals surface area contributed by atoms with Crippen LogP contribution in [0, 0.1) is 5.82 Å². The van der Waals surface area contributed by atoms with E-state index in [2.05, 4.69) is 5.10 Å². The first-order valence-electron chi connectivity index (χ1n) is 8.19. The van der Waals surface area contributed by atoms with Crippen LogP contribution in [0.15, 0.2) is 29.1 Å². The van der Waals surface area contributed by atoms with Crippen molar-refractivity contribution >= 4 is 5.91 Å². The van der Waals surface area contributed by atoms with Gasteiger partial charge in [0.1, 0.15) is 11.6 Å². The molecule has 24 heavy (non-hydrogen) atoms.